The predicted octanol–water partition coefficient (Wildman–Crippen LogP) is 1.61. The zero-order valence-electron chi connectivity index (χ0n) is 11.4. The summed E-state index contributed by atoms with van der Waals surface area (Å²) in [5.74, 6) is 0.957. The second-order valence-corrected chi connectivity index (χ2v) is 6.22. The van der Waals surface area contributed by atoms with Crippen LogP contribution in [0.5, 0.6) is 0 Å². The van der Waals surface area contributed by atoms with Crippen LogP contribution in [0.3, 0.4) is 0 Å². The number of hydrogen-bond acceptors (Lipinski definition) is 3. The van der Waals surface area contributed by atoms with Gasteiger partial charge in [0.05, 0.1) is 5.60 Å². The number of hydrogen-bond donors (Lipinski definition) is 2. The third-order valence-corrected chi connectivity index (χ3v) is 4.79. The van der Waals surface area contributed by atoms with Gasteiger partial charge in [-0.3, -0.25) is 0 Å². The Kier molecular flexibility index (Phi) is 4.45. The zero-order chi connectivity index (χ0) is 12.3. The summed E-state index contributed by atoms with van der Waals surface area (Å²) >= 11 is 0. The van der Waals surface area contributed by atoms with E-state index in [9.17, 15) is 5.11 Å². The Morgan fingerprint density at radius 3 is 2.35 bits per heavy atom. The summed E-state index contributed by atoms with van der Waals surface area (Å²) in [4.78, 5) is 2.54. The van der Waals surface area contributed by atoms with Gasteiger partial charge in [0.25, 0.3) is 0 Å². The van der Waals surface area contributed by atoms with Crippen molar-refractivity contribution < 1.29 is 5.11 Å². The number of nitrogens with zero attached hydrogens (tertiary/aromatic N) is 1. The summed E-state index contributed by atoms with van der Waals surface area (Å²) in [5, 5.41) is 13.4. The highest BCUT2D eigenvalue weighted by Gasteiger charge is 2.34. The molecular formula is C14H28N2O. The van der Waals surface area contributed by atoms with Gasteiger partial charge >= 0.3 is 0 Å². The Bertz CT molecular complexity index is 232. The lowest BCUT2D eigenvalue weighted by Gasteiger charge is -2.41. The van der Waals surface area contributed by atoms with E-state index in [1.165, 1.54) is 25.8 Å². The van der Waals surface area contributed by atoms with Crippen LogP contribution in [0, 0.1) is 5.92 Å². The van der Waals surface area contributed by atoms with E-state index in [-0.39, 0.29) is 0 Å². The first-order valence-electron chi connectivity index (χ1n) is 7.20. The highest BCUT2D eigenvalue weighted by molar-refractivity contribution is 4.90. The molecular weight excluding hydrogens is 212 g/mol. The van der Waals surface area contributed by atoms with Gasteiger partial charge in [0.1, 0.15) is 0 Å². The van der Waals surface area contributed by atoms with Crippen molar-refractivity contribution in [2.24, 2.45) is 5.92 Å². The van der Waals surface area contributed by atoms with Crippen molar-refractivity contribution in [3.8, 4) is 0 Å². The van der Waals surface area contributed by atoms with Crippen molar-refractivity contribution in [3.63, 3.8) is 0 Å². The topological polar surface area (TPSA) is 35.5 Å². The first kappa shape index (κ1) is 13.3. The monoisotopic (exact) mass is 240 g/mol. The molecule has 100 valence electrons. The van der Waals surface area contributed by atoms with Crippen LogP contribution in [0.15, 0.2) is 0 Å². The van der Waals surface area contributed by atoms with Crippen molar-refractivity contribution in [1.29, 1.82) is 0 Å². The van der Waals surface area contributed by atoms with E-state index in [1.807, 2.05) is 7.05 Å². The van der Waals surface area contributed by atoms with E-state index in [1.54, 1.807) is 0 Å². The van der Waals surface area contributed by atoms with E-state index < -0.39 is 5.60 Å². The first-order valence-corrected chi connectivity index (χ1v) is 7.20. The molecule has 2 saturated carbocycles. The van der Waals surface area contributed by atoms with Gasteiger partial charge in [0.2, 0.25) is 0 Å². The molecule has 2 aliphatic rings. The molecule has 3 heteroatoms. The molecule has 2 fully saturated rings. The molecule has 3 nitrogen and oxygen atoms in total. The van der Waals surface area contributed by atoms with Gasteiger partial charge < -0.3 is 15.3 Å². The second kappa shape index (κ2) is 5.68. The molecule has 0 heterocycles. The van der Waals surface area contributed by atoms with Gasteiger partial charge in [0.15, 0.2) is 0 Å². The molecule has 0 bridgehead atoms. The lowest BCUT2D eigenvalue weighted by atomic mass is 9.80. The predicted molar refractivity (Wildman–Crippen MR) is 71.1 cm³/mol. The Hall–Kier alpha value is -0.120. The minimum absolute atomic E-state index is 0.442. The maximum Gasteiger partial charge on any atom is 0.0772 e. The van der Waals surface area contributed by atoms with Crippen LogP contribution in [-0.2, 0) is 0 Å². The number of nitrogens with one attached hydrogen (secondary N) is 1. The Morgan fingerprint density at radius 1 is 1.24 bits per heavy atom. The van der Waals surface area contributed by atoms with Crippen LogP contribution in [0.4, 0.5) is 0 Å². The maximum atomic E-state index is 10.3. The van der Waals surface area contributed by atoms with E-state index in [4.69, 9.17) is 0 Å². The molecule has 2 rings (SSSR count). The van der Waals surface area contributed by atoms with E-state index in [0.29, 0.717) is 6.04 Å². The van der Waals surface area contributed by atoms with Crippen molar-refractivity contribution in [1.82, 2.24) is 10.2 Å². The lowest BCUT2D eigenvalue weighted by molar-refractivity contribution is -0.0175. The Morgan fingerprint density at radius 2 is 1.88 bits per heavy atom. The minimum atomic E-state index is -0.442. The fourth-order valence-electron chi connectivity index (χ4n) is 3.32. The third kappa shape index (κ3) is 3.43. The normalized spacial score (nSPS) is 34.9. The fraction of sp³-hybridized carbons (Fsp3) is 1.00. The van der Waals surface area contributed by atoms with E-state index >= 15 is 0 Å². The maximum absolute atomic E-state index is 10.3. The van der Waals surface area contributed by atoms with Gasteiger partial charge in [-0.25, -0.2) is 0 Å². The summed E-state index contributed by atoms with van der Waals surface area (Å²) in [6, 6.07) is 0.702. The average Bonchev–Trinajstić information content (AvgIpc) is 2.24. The van der Waals surface area contributed by atoms with E-state index in [2.05, 4.69) is 17.3 Å². The molecule has 17 heavy (non-hydrogen) atoms. The summed E-state index contributed by atoms with van der Waals surface area (Å²) in [6.07, 6.45) is 8.51. The van der Waals surface area contributed by atoms with Crippen LogP contribution in [-0.4, -0.2) is 48.8 Å². The zero-order valence-corrected chi connectivity index (χ0v) is 11.4. The SMILES string of the molecule is CNCC1(O)CCC(N(C)CC2CCC2)CC1. The Labute approximate surface area is 106 Å². The van der Waals surface area contributed by atoms with Crippen LogP contribution in [0.1, 0.15) is 44.9 Å². The van der Waals surface area contributed by atoms with Crippen molar-refractivity contribution in [2.45, 2.75) is 56.6 Å². The fourth-order valence-corrected chi connectivity index (χ4v) is 3.32. The number of likely N-dealkylation sites (N-methyl/N-ethyl adjacent to an activating group) is 1. The van der Waals surface area contributed by atoms with Gasteiger partial charge in [-0.2, -0.15) is 0 Å². The molecule has 0 saturated heterocycles. The first-order chi connectivity index (χ1) is 8.13. The van der Waals surface area contributed by atoms with Gasteiger partial charge in [-0.05, 0) is 58.5 Å². The molecule has 0 aromatic carbocycles. The molecule has 0 aliphatic heterocycles. The van der Waals surface area contributed by atoms with Crippen molar-refractivity contribution in [3.05, 3.63) is 0 Å². The molecule has 0 aromatic heterocycles. The van der Waals surface area contributed by atoms with E-state index in [0.717, 1.165) is 38.1 Å². The number of aliphatic hydroxyl groups is 1. The number of rotatable bonds is 5. The molecule has 0 atom stereocenters. The Balaban J connectivity index is 1.73. The third-order valence-electron chi connectivity index (χ3n) is 4.79. The molecule has 0 amide bonds. The second-order valence-electron chi connectivity index (χ2n) is 6.22. The smallest absolute Gasteiger partial charge is 0.0772 e. The largest absolute Gasteiger partial charge is 0.389 e. The van der Waals surface area contributed by atoms with Crippen molar-refractivity contribution >= 4 is 0 Å². The molecule has 2 N–H and O–H groups in total. The quantitative estimate of drug-likeness (QED) is 0.766. The van der Waals surface area contributed by atoms with Crippen LogP contribution in [0.25, 0.3) is 0 Å². The average molecular weight is 240 g/mol. The molecule has 0 radical (unpaired) electrons. The molecule has 0 spiro atoms. The molecule has 0 unspecified atom stereocenters. The van der Waals surface area contributed by atoms with Crippen molar-refractivity contribution in [2.75, 3.05) is 27.2 Å². The van der Waals surface area contributed by atoms with Gasteiger partial charge in [-0.1, -0.05) is 6.42 Å². The van der Waals surface area contributed by atoms with Crippen LogP contribution < -0.4 is 5.32 Å². The van der Waals surface area contributed by atoms with Crippen LogP contribution in [0.2, 0.25) is 0 Å². The lowest BCUT2D eigenvalue weighted by Crippen LogP contribution is -2.47. The highest BCUT2D eigenvalue weighted by atomic mass is 16.3. The van der Waals surface area contributed by atoms with Gasteiger partial charge in [-0.15, -0.1) is 0 Å². The van der Waals surface area contributed by atoms with Gasteiger partial charge in [0, 0.05) is 19.1 Å². The molecule has 0 aromatic rings. The summed E-state index contributed by atoms with van der Waals surface area (Å²) < 4.78 is 0. The molecule has 2 aliphatic carbocycles. The standard InChI is InChI=1S/C14H28N2O/c1-15-11-14(17)8-6-13(7-9-14)16(2)10-12-4-3-5-12/h12-13,15,17H,3-11H2,1-2H3. The summed E-state index contributed by atoms with van der Waals surface area (Å²) in [7, 11) is 4.19. The highest BCUT2D eigenvalue weighted by Crippen LogP contribution is 2.32. The minimum Gasteiger partial charge on any atom is -0.389 e. The van der Waals surface area contributed by atoms with Crippen LogP contribution >= 0.6 is 0 Å². The summed E-state index contributed by atoms with van der Waals surface area (Å²) in [6.45, 7) is 2.02. The summed E-state index contributed by atoms with van der Waals surface area (Å²) in [5.41, 5.74) is -0.442.